The summed E-state index contributed by atoms with van der Waals surface area (Å²) in [6, 6.07) is 8.71. The van der Waals surface area contributed by atoms with Crippen molar-refractivity contribution in [2.24, 2.45) is 0 Å². The molecule has 0 radical (unpaired) electrons. The van der Waals surface area contributed by atoms with Gasteiger partial charge >= 0.3 is 6.09 Å². The summed E-state index contributed by atoms with van der Waals surface area (Å²) in [6.45, 7) is 0.499. The van der Waals surface area contributed by atoms with Crippen molar-refractivity contribution in [1.82, 2.24) is 5.06 Å². The zero-order valence-electron chi connectivity index (χ0n) is 13.7. The molecule has 0 bridgehead atoms. The number of hydrogen-bond acceptors (Lipinski definition) is 6. The number of carbonyl (C=O) groups excluding carboxylic acids is 2. The van der Waals surface area contributed by atoms with Crippen LogP contribution in [0.1, 0.15) is 19.3 Å². The summed E-state index contributed by atoms with van der Waals surface area (Å²) in [5.74, 6) is 0.578. The monoisotopic (exact) mass is 367 g/mol. The summed E-state index contributed by atoms with van der Waals surface area (Å²) >= 11 is 0. The van der Waals surface area contributed by atoms with E-state index in [4.69, 9.17) is 19.0 Å². The van der Waals surface area contributed by atoms with Crippen LogP contribution in [0.15, 0.2) is 30.3 Å². The van der Waals surface area contributed by atoms with Crippen LogP contribution in [0, 0.1) is 0 Å². The van der Waals surface area contributed by atoms with Gasteiger partial charge in [0.05, 0.1) is 0 Å². The van der Waals surface area contributed by atoms with Gasteiger partial charge in [0.25, 0.3) is 0 Å². The van der Waals surface area contributed by atoms with E-state index < -0.39 is 17.7 Å². The maximum atomic E-state index is 12.5. The summed E-state index contributed by atoms with van der Waals surface area (Å²) in [5, 5.41) is 1.03. The highest BCUT2D eigenvalue weighted by atomic mass is 32.1. The molecule has 0 aromatic heterocycles. The molecule has 1 saturated carbocycles. The molecule has 0 unspecified atom stereocenters. The summed E-state index contributed by atoms with van der Waals surface area (Å²) in [4.78, 5) is 29.6. The quantitative estimate of drug-likeness (QED) is 0.808. The number of para-hydroxylation sites is 1. The third kappa shape index (κ3) is 3.47. The number of fused-ring (bicyclic) bond motifs is 1. The minimum atomic E-state index is -0.690. The maximum absolute atomic E-state index is 12.5. The zero-order chi connectivity index (χ0) is 16.6. The van der Waals surface area contributed by atoms with Gasteiger partial charge in [0.2, 0.25) is 0 Å². The average Bonchev–Trinajstić information content (AvgIpc) is 3.14. The summed E-state index contributed by atoms with van der Waals surface area (Å²) < 4.78 is 16.7. The van der Waals surface area contributed by atoms with E-state index in [9.17, 15) is 9.59 Å². The number of nitrogens with zero attached hydrogens (tertiary/aromatic N) is 1. The second-order valence-electron chi connectivity index (χ2n) is 6.39. The molecule has 2 heterocycles. The van der Waals surface area contributed by atoms with Crippen LogP contribution in [0.3, 0.4) is 0 Å². The van der Waals surface area contributed by atoms with Gasteiger partial charge in [0.1, 0.15) is 37.3 Å². The lowest BCUT2D eigenvalue weighted by atomic mass is 9.80. The molecule has 3 aliphatic rings. The molecule has 4 rings (SSSR count). The van der Waals surface area contributed by atoms with Crippen molar-refractivity contribution >= 4 is 25.4 Å². The lowest BCUT2D eigenvalue weighted by Gasteiger charge is -2.41. The second kappa shape index (κ2) is 7.23. The first-order chi connectivity index (χ1) is 11.7. The fourth-order valence-corrected chi connectivity index (χ4v) is 3.20. The molecule has 0 spiro atoms. The second-order valence-corrected chi connectivity index (χ2v) is 6.39. The summed E-state index contributed by atoms with van der Waals surface area (Å²) in [7, 11) is 0. The van der Waals surface area contributed by atoms with Crippen LogP contribution < -0.4 is 4.74 Å². The molecule has 25 heavy (non-hydrogen) atoms. The van der Waals surface area contributed by atoms with E-state index in [1.807, 2.05) is 30.3 Å². The first-order valence-electron chi connectivity index (χ1n) is 8.14. The molecule has 8 heteroatoms. The number of carbonyl (C=O) groups is 2. The Bertz CT molecular complexity index is 635. The van der Waals surface area contributed by atoms with E-state index in [0.29, 0.717) is 0 Å². The van der Waals surface area contributed by atoms with Crippen LogP contribution in [0.5, 0.6) is 5.75 Å². The number of ketones is 1. The minimum Gasteiger partial charge on any atom is -0.489 e. The van der Waals surface area contributed by atoms with Crippen molar-refractivity contribution in [2.45, 2.75) is 37.0 Å². The van der Waals surface area contributed by atoms with Gasteiger partial charge < -0.3 is 14.2 Å². The van der Waals surface area contributed by atoms with E-state index in [1.165, 1.54) is 0 Å². The number of benzene rings is 1. The number of rotatable bonds is 4. The molecular formula is C17H21NO6S. The highest BCUT2D eigenvalue weighted by Gasteiger charge is 2.51. The predicted octanol–water partition coefficient (Wildman–Crippen LogP) is 1.82. The molecule has 2 aliphatic heterocycles. The fourth-order valence-electron chi connectivity index (χ4n) is 3.20. The highest BCUT2D eigenvalue weighted by Crippen LogP contribution is 2.38. The Labute approximate surface area is 152 Å². The lowest BCUT2D eigenvalue weighted by Crippen LogP contribution is -2.51. The summed E-state index contributed by atoms with van der Waals surface area (Å²) in [6.07, 6.45) is 1.41. The molecule has 1 aromatic rings. The van der Waals surface area contributed by atoms with E-state index in [2.05, 4.69) is 0 Å². The lowest BCUT2D eigenvalue weighted by molar-refractivity contribution is -0.160. The Morgan fingerprint density at radius 2 is 2.04 bits per heavy atom. The molecule has 2 saturated heterocycles. The van der Waals surface area contributed by atoms with Crippen LogP contribution in [-0.4, -0.2) is 54.5 Å². The van der Waals surface area contributed by atoms with Crippen LogP contribution in [0.2, 0.25) is 0 Å². The standard InChI is InChI=1S/C17H19NO6.H2S/c19-13-9-21-14-10-23-18(15(13)14)16(20)24-17(7-4-8-17)11-22-12-5-2-1-3-6-12;/h1-3,5-6,14-15H,4,7-11H2;1H2/t14-,15-;/m1./s1. The third-order valence-corrected chi connectivity index (χ3v) is 4.75. The van der Waals surface area contributed by atoms with Crippen molar-refractivity contribution in [3.63, 3.8) is 0 Å². The highest BCUT2D eigenvalue weighted by molar-refractivity contribution is 7.59. The van der Waals surface area contributed by atoms with E-state index in [-0.39, 0.29) is 45.2 Å². The van der Waals surface area contributed by atoms with Crippen LogP contribution in [0.25, 0.3) is 0 Å². The van der Waals surface area contributed by atoms with Gasteiger partial charge in [-0.05, 0) is 31.4 Å². The Morgan fingerprint density at radius 1 is 1.28 bits per heavy atom. The van der Waals surface area contributed by atoms with Gasteiger partial charge in [0, 0.05) is 0 Å². The average molecular weight is 367 g/mol. The largest absolute Gasteiger partial charge is 0.489 e. The minimum absolute atomic E-state index is 0. The van der Waals surface area contributed by atoms with Crippen molar-refractivity contribution in [1.29, 1.82) is 0 Å². The van der Waals surface area contributed by atoms with E-state index in [0.717, 1.165) is 30.1 Å². The van der Waals surface area contributed by atoms with Crippen LogP contribution in [0.4, 0.5) is 4.79 Å². The number of hydrogen-bond donors (Lipinski definition) is 0. The molecule has 7 nitrogen and oxygen atoms in total. The smallest absolute Gasteiger partial charge is 0.435 e. The van der Waals surface area contributed by atoms with Crippen molar-refractivity contribution in [3.8, 4) is 5.75 Å². The Balaban J connectivity index is 0.00000182. The van der Waals surface area contributed by atoms with Gasteiger partial charge in [-0.3, -0.25) is 9.63 Å². The number of Topliss-reactive ketones (excluding diaryl/α,β-unsaturated/α-hetero) is 1. The molecular weight excluding hydrogens is 346 g/mol. The number of amides is 1. The first kappa shape index (κ1) is 18.0. The maximum Gasteiger partial charge on any atom is 0.435 e. The van der Waals surface area contributed by atoms with Crippen molar-refractivity contribution < 1.29 is 28.6 Å². The third-order valence-electron chi connectivity index (χ3n) is 4.75. The van der Waals surface area contributed by atoms with Gasteiger partial charge in [-0.1, -0.05) is 18.2 Å². The molecule has 0 N–H and O–H groups in total. The van der Waals surface area contributed by atoms with Crippen LogP contribution in [-0.2, 0) is 19.1 Å². The summed E-state index contributed by atoms with van der Waals surface area (Å²) in [5.41, 5.74) is -0.656. The molecule has 136 valence electrons. The van der Waals surface area contributed by atoms with E-state index >= 15 is 0 Å². The number of hydroxylamine groups is 2. The molecule has 1 aromatic carbocycles. The molecule has 1 aliphatic carbocycles. The van der Waals surface area contributed by atoms with Crippen molar-refractivity contribution in [2.75, 3.05) is 19.8 Å². The molecule has 3 fully saturated rings. The predicted molar refractivity (Wildman–Crippen MR) is 91.7 cm³/mol. The SMILES string of the molecule is O=C1CO[C@@H]2CON(C(=O)OC3(COc4ccccc4)CCC3)[C@H]12.S. The first-order valence-corrected chi connectivity index (χ1v) is 8.14. The number of ether oxygens (including phenoxy) is 3. The Hall–Kier alpha value is -1.77. The normalized spacial score (nSPS) is 26.4. The molecule has 2 atom stereocenters. The van der Waals surface area contributed by atoms with Gasteiger partial charge in [-0.25, -0.2) is 4.79 Å². The van der Waals surface area contributed by atoms with Gasteiger partial charge in [-0.15, -0.1) is 0 Å². The Morgan fingerprint density at radius 3 is 2.72 bits per heavy atom. The molecule has 1 amide bonds. The van der Waals surface area contributed by atoms with E-state index in [1.54, 1.807) is 0 Å². The van der Waals surface area contributed by atoms with Gasteiger partial charge in [-0.2, -0.15) is 18.6 Å². The fraction of sp³-hybridized carbons (Fsp3) is 0.529. The van der Waals surface area contributed by atoms with Crippen molar-refractivity contribution in [3.05, 3.63) is 30.3 Å². The Kier molecular flexibility index (Phi) is 5.21. The van der Waals surface area contributed by atoms with Crippen LogP contribution >= 0.6 is 13.5 Å². The van der Waals surface area contributed by atoms with Gasteiger partial charge in [0.15, 0.2) is 11.8 Å². The zero-order valence-corrected chi connectivity index (χ0v) is 14.7. The topological polar surface area (TPSA) is 74.3 Å².